The summed E-state index contributed by atoms with van der Waals surface area (Å²) in [5.74, 6) is 0. The van der Waals surface area contributed by atoms with Crippen LogP contribution in [0.4, 0.5) is 11.4 Å². The number of benzene rings is 3. The first-order valence-corrected chi connectivity index (χ1v) is 7.21. The van der Waals surface area contributed by atoms with E-state index in [1.54, 1.807) is 0 Å². The van der Waals surface area contributed by atoms with Gasteiger partial charge in [-0.1, -0.05) is 48.0 Å². The SMILES string of the molecule is Clc1ccccc1Nc1ccc2c(c1)[nH]c1ccccc12. The molecule has 0 spiro atoms. The number of fused-ring (bicyclic) bond motifs is 3. The Balaban J connectivity index is 1.80. The first-order chi connectivity index (χ1) is 10.3. The molecule has 4 rings (SSSR count). The largest absolute Gasteiger partial charge is 0.354 e. The summed E-state index contributed by atoms with van der Waals surface area (Å²) in [5, 5.41) is 6.55. The number of hydrogen-bond acceptors (Lipinski definition) is 1. The molecule has 0 amide bonds. The molecule has 21 heavy (non-hydrogen) atoms. The Morgan fingerprint density at radius 1 is 0.762 bits per heavy atom. The summed E-state index contributed by atoms with van der Waals surface area (Å²) >= 11 is 6.19. The van der Waals surface area contributed by atoms with Crippen LogP contribution in [0.3, 0.4) is 0 Å². The molecule has 0 bridgehead atoms. The minimum Gasteiger partial charge on any atom is -0.354 e. The van der Waals surface area contributed by atoms with Crippen molar-refractivity contribution < 1.29 is 0 Å². The Morgan fingerprint density at radius 3 is 2.43 bits per heavy atom. The fraction of sp³-hybridized carbons (Fsp3) is 0. The topological polar surface area (TPSA) is 27.8 Å². The second-order valence-corrected chi connectivity index (χ2v) is 5.44. The zero-order valence-electron chi connectivity index (χ0n) is 11.2. The van der Waals surface area contributed by atoms with Gasteiger partial charge in [0.2, 0.25) is 0 Å². The first-order valence-electron chi connectivity index (χ1n) is 6.83. The number of hydrogen-bond donors (Lipinski definition) is 2. The summed E-state index contributed by atoms with van der Waals surface area (Å²) < 4.78 is 0. The number of halogens is 1. The van der Waals surface area contributed by atoms with Gasteiger partial charge in [0, 0.05) is 27.5 Å². The molecule has 0 fully saturated rings. The molecule has 0 aliphatic heterocycles. The maximum absolute atomic E-state index is 6.19. The highest BCUT2D eigenvalue weighted by molar-refractivity contribution is 6.33. The third kappa shape index (κ3) is 2.14. The highest BCUT2D eigenvalue weighted by atomic mass is 35.5. The van der Waals surface area contributed by atoms with Gasteiger partial charge in [-0.3, -0.25) is 0 Å². The van der Waals surface area contributed by atoms with Crippen molar-refractivity contribution in [3.63, 3.8) is 0 Å². The van der Waals surface area contributed by atoms with Crippen LogP contribution in [-0.4, -0.2) is 4.98 Å². The molecule has 0 aliphatic rings. The summed E-state index contributed by atoms with van der Waals surface area (Å²) in [6, 6.07) is 22.4. The van der Waals surface area contributed by atoms with Gasteiger partial charge in [-0.15, -0.1) is 0 Å². The average molecular weight is 293 g/mol. The lowest BCUT2D eigenvalue weighted by Crippen LogP contribution is -1.90. The van der Waals surface area contributed by atoms with Gasteiger partial charge in [0.15, 0.2) is 0 Å². The Kier molecular flexibility index (Phi) is 2.83. The van der Waals surface area contributed by atoms with Crippen LogP contribution < -0.4 is 5.32 Å². The van der Waals surface area contributed by atoms with Crippen molar-refractivity contribution >= 4 is 44.8 Å². The van der Waals surface area contributed by atoms with Crippen molar-refractivity contribution in [2.75, 3.05) is 5.32 Å². The first kappa shape index (κ1) is 12.3. The zero-order valence-corrected chi connectivity index (χ0v) is 12.0. The molecular weight excluding hydrogens is 280 g/mol. The van der Waals surface area contributed by atoms with E-state index < -0.39 is 0 Å². The second kappa shape index (κ2) is 4.83. The van der Waals surface area contributed by atoms with Crippen LogP contribution in [-0.2, 0) is 0 Å². The standard InChI is InChI=1S/C18H13ClN2/c19-15-6-2-4-8-17(15)20-12-9-10-14-13-5-1-3-7-16(13)21-18(14)11-12/h1-11,20-21H. The van der Waals surface area contributed by atoms with Crippen molar-refractivity contribution in [3.05, 3.63) is 71.8 Å². The van der Waals surface area contributed by atoms with Crippen LogP contribution in [0.5, 0.6) is 0 Å². The van der Waals surface area contributed by atoms with Crippen LogP contribution in [0, 0.1) is 0 Å². The molecule has 2 nitrogen and oxygen atoms in total. The molecule has 3 heteroatoms. The lowest BCUT2D eigenvalue weighted by atomic mass is 10.1. The number of nitrogens with one attached hydrogen (secondary N) is 2. The quantitative estimate of drug-likeness (QED) is 0.486. The summed E-state index contributed by atoms with van der Waals surface area (Å²) in [7, 11) is 0. The maximum atomic E-state index is 6.19. The molecule has 4 aromatic rings. The van der Waals surface area contributed by atoms with E-state index >= 15 is 0 Å². The average Bonchev–Trinajstić information content (AvgIpc) is 2.87. The van der Waals surface area contributed by atoms with Gasteiger partial charge in [0.05, 0.1) is 10.7 Å². The summed E-state index contributed by atoms with van der Waals surface area (Å²) in [6.45, 7) is 0. The monoisotopic (exact) mass is 292 g/mol. The van der Waals surface area contributed by atoms with E-state index in [-0.39, 0.29) is 0 Å². The molecule has 0 saturated heterocycles. The van der Waals surface area contributed by atoms with Gasteiger partial charge in [-0.05, 0) is 30.3 Å². The molecule has 1 heterocycles. The summed E-state index contributed by atoms with van der Waals surface area (Å²) in [4.78, 5) is 3.45. The number of aromatic nitrogens is 1. The molecule has 0 radical (unpaired) electrons. The Bertz CT molecular complexity index is 940. The molecule has 0 atom stereocenters. The molecule has 102 valence electrons. The highest BCUT2D eigenvalue weighted by Gasteiger charge is 2.05. The fourth-order valence-electron chi connectivity index (χ4n) is 2.65. The van der Waals surface area contributed by atoms with Gasteiger partial charge in [-0.2, -0.15) is 0 Å². The molecule has 0 saturated carbocycles. The third-order valence-corrected chi connectivity index (χ3v) is 3.99. The second-order valence-electron chi connectivity index (χ2n) is 5.04. The fourth-order valence-corrected chi connectivity index (χ4v) is 2.83. The van der Waals surface area contributed by atoms with Crippen molar-refractivity contribution in [2.45, 2.75) is 0 Å². The van der Waals surface area contributed by atoms with E-state index in [1.165, 1.54) is 10.8 Å². The van der Waals surface area contributed by atoms with Crippen molar-refractivity contribution in [2.24, 2.45) is 0 Å². The van der Waals surface area contributed by atoms with Crippen molar-refractivity contribution in [3.8, 4) is 0 Å². The number of aromatic amines is 1. The number of H-pyrrole nitrogens is 1. The Hall–Kier alpha value is -2.45. The minimum atomic E-state index is 0.717. The molecule has 2 N–H and O–H groups in total. The Morgan fingerprint density at radius 2 is 1.52 bits per heavy atom. The molecule has 0 unspecified atom stereocenters. The van der Waals surface area contributed by atoms with E-state index in [1.807, 2.05) is 30.3 Å². The number of para-hydroxylation sites is 2. The van der Waals surface area contributed by atoms with Crippen LogP contribution in [0.1, 0.15) is 0 Å². The van der Waals surface area contributed by atoms with Crippen LogP contribution >= 0.6 is 11.6 Å². The van der Waals surface area contributed by atoms with Gasteiger partial charge in [0.1, 0.15) is 0 Å². The predicted molar refractivity (Wildman–Crippen MR) is 90.5 cm³/mol. The summed E-state index contributed by atoms with van der Waals surface area (Å²) in [5.41, 5.74) is 4.20. The third-order valence-electron chi connectivity index (χ3n) is 3.66. The number of anilines is 2. The molecule has 3 aromatic carbocycles. The van der Waals surface area contributed by atoms with E-state index in [2.05, 4.69) is 46.7 Å². The van der Waals surface area contributed by atoms with Crippen molar-refractivity contribution in [1.29, 1.82) is 0 Å². The van der Waals surface area contributed by atoms with E-state index in [0.29, 0.717) is 5.02 Å². The van der Waals surface area contributed by atoms with Gasteiger partial charge in [-0.25, -0.2) is 0 Å². The lowest BCUT2D eigenvalue weighted by Gasteiger charge is -2.08. The molecule has 0 aliphatic carbocycles. The van der Waals surface area contributed by atoms with Crippen LogP contribution in [0.2, 0.25) is 5.02 Å². The van der Waals surface area contributed by atoms with Gasteiger partial charge in [0.25, 0.3) is 0 Å². The number of rotatable bonds is 2. The lowest BCUT2D eigenvalue weighted by molar-refractivity contribution is 1.52. The van der Waals surface area contributed by atoms with Gasteiger partial charge < -0.3 is 10.3 Å². The van der Waals surface area contributed by atoms with E-state index in [9.17, 15) is 0 Å². The van der Waals surface area contributed by atoms with E-state index in [4.69, 9.17) is 11.6 Å². The highest BCUT2D eigenvalue weighted by Crippen LogP contribution is 2.30. The Labute approximate surface area is 127 Å². The van der Waals surface area contributed by atoms with Crippen LogP contribution in [0.25, 0.3) is 21.8 Å². The van der Waals surface area contributed by atoms with Crippen LogP contribution in [0.15, 0.2) is 66.7 Å². The minimum absolute atomic E-state index is 0.717. The smallest absolute Gasteiger partial charge is 0.0640 e. The predicted octanol–water partition coefficient (Wildman–Crippen LogP) is 5.72. The molecule has 1 aromatic heterocycles. The maximum Gasteiger partial charge on any atom is 0.0640 e. The van der Waals surface area contributed by atoms with Crippen molar-refractivity contribution in [1.82, 2.24) is 4.98 Å². The van der Waals surface area contributed by atoms with Gasteiger partial charge >= 0.3 is 0 Å². The normalized spacial score (nSPS) is 11.1. The zero-order chi connectivity index (χ0) is 14.2. The molecular formula is C18H13ClN2. The summed E-state index contributed by atoms with van der Waals surface area (Å²) in [6.07, 6.45) is 0. The van der Waals surface area contributed by atoms with E-state index in [0.717, 1.165) is 22.4 Å².